The van der Waals surface area contributed by atoms with Crippen LogP contribution in [0.15, 0.2) is 47.6 Å². The number of hydrogen-bond acceptors (Lipinski definition) is 3. The molecule has 4 nitrogen and oxygen atoms in total. The number of amidine groups is 1. The number of hydrogen-bond donors (Lipinski definition) is 2. The van der Waals surface area contributed by atoms with E-state index in [2.05, 4.69) is 16.1 Å². The van der Waals surface area contributed by atoms with Crippen LogP contribution in [0.1, 0.15) is 11.1 Å². The summed E-state index contributed by atoms with van der Waals surface area (Å²) in [6.45, 7) is 0.788. The van der Waals surface area contributed by atoms with Crippen LogP contribution in [0.4, 0.5) is 15.8 Å². The quantitative estimate of drug-likeness (QED) is 0.382. The molecule has 1 heterocycles. The summed E-state index contributed by atoms with van der Waals surface area (Å²) >= 11 is 0. The fourth-order valence-corrected chi connectivity index (χ4v) is 2.59. The topological polar surface area (TPSA) is 61.9 Å². The third-order valence-corrected chi connectivity index (χ3v) is 3.52. The zero-order chi connectivity index (χ0) is 14.1. The zero-order valence-electron chi connectivity index (χ0n) is 10.8. The van der Waals surface area contributed by atoms with Gasteiger partial charge in [0.25, 0.3) is 0 Å². The number of oxime groups is 1. The molecule has 3 N–H and O–H groups in total. The molecule has 0 radical (unpaired) electrons. The van der Waals surface area contributed by atoms with Crippen molar-refractivity contribution in [3.05, 3.63) is 59.4 Å². The Balaban J connectivity index is 2.12. The molecule has 0 aromatic heterocycles. The predicted octanol–water partition coefficient (Wildman–Crippen LogP) is 2.61. The Morgan fingerprint density at radius 1 is 1.20 bits per heavy atom. The molecule has 0 saturated carbocycles. The molecule has 0 aliphatic carbocycles. The normalized spacial score (nSPS) is 14.4. The summed E-state index contributed by atoms with van der Waals surface area (Å²) in [6, 6.07) is 12.4. The number of nitrogens with two attached hydrogens (primary N) is 1. The van der Waals surface area contributed by atoms with E-state index in [0.29, 0.717) is 5.56 Å². The van der Waals surface area contributed by atoms with Gasteiger partial charge in [0.2, 0.25) is 0 Å². The fraction of sp³-hybridized carbons (Fsp3) is 0.133. The first-order valence-corrected chi connectivity index (χ1v) is 6.33. The van der Waals surface area contributed by atoms with E-state index in [1.807, 2.05) is 18.2 Å². The van der Waals surface area contributed by atoms with Crippen LogP contribution >= 0.6 is 0 Å². The van der Waals surface area contributed by atoms with E-state index in [-0.39, 0.29) is 5.84 Å². The van der Waals surface area contributed by atoms with Crippen molar-refractivity contribution in [3.63, 3.8) is 0 Å². The Labute approximate surface area is 115 Å². The third-order valence-electron chi connectivity index (χ3n) is 3.52. The molecule has 0 bridgehead atoms. The van der Waals surface area contributed by atoms with Gasteiger partial charge in [-0.05, 0) is 36.2 Å². The first-order valence-electron chi connectivity index (χ1n) is 6.33. The Bertz CT molecular complexity index is 685. The van der Waals surface area contributed by atoms with E-state index in [0.717, 1.165) is 24.3 Å². The van der Waals surface area contributed by atoms with Gasteiger partial charge in [0, 0.05) is 17.8 Å². The lowest BCUT2D eigenvalue weighted by molar-refractivity contribution is 0.318. The first kappa shape index (κ1) is 12.5. The van der Waals surface area contributed by atoms with Crippen molar-refractivity contribution in [2.45, 2.75) is 6.42 Å². The molecular weight excluding hydrogens is 257 g/mol. The number of rotatable bonds is 2. The van der Waals surface area contributed by atoms with Crippen LogP contribution in [0.25, 0.3) is 0 Å². The predicted molar refractivity (Wildman–Crippen MR) is 76.1 cm³/mol. The van der Waals surface area contributed by atoms with Crippen LogP contribution in [-0.2, 0) is 6.42 Å². The summed E-state index contributed by atoms with van der Waals surface area (Å²) in [5, 5.41) is 11.9. The van der Waals surface area contributed by atoms with Gasteiger partial charge in [-0.25, -0.2) is 4.39 Å². The molecule has 0 amide bonds. The highest BCUT2D eigenvalue weighted by Gasteiger charge is 2.23. The number of fused-ring (bicyclic) bond motifs is 1. The SMILES string of the molecule is NC(=NO)c1cc(F)ccc1N1CCc2ccccc21. The van der Waals surface area contributed by atoms with Crippen molar-refractivity contribution < 1.29 is 9.60 Å². The Morgan fingerprint density at radius 2 is 2.00 bits per heavy atom. The van der Waals surface area contributed by atoms with Crippen molar-refractivity contribution in [2.75, 3.05) is 11.4 Å². The van der Waals surface area contributed by atoms with Gasteiger partial charge >= 0.3 is 0 Å². The number of benzene rings is 2. The number of para-hydroxylation sites is 1. The van der Waals surface area contributed by atoms with Gasteiger partial charge in [-0.1, -0.05) is 23.4 Å². The summed E-state index contributed by atoms with van der Waals surface area (Å²) in [4.78, 5) is 2.06. The fourth-order valence-electron chi connectivity index (χ4n) is 2.59. The van der Waals surface area contributed by atoms with Crippen molar-refractivity contribution in [2.24, 2.45) is 10.9 Å². The molecule has 1 aliphatic rings. The van der Waals surface area contributed by atoms with E-state index in [9.17, 15) is 4.39 Å². The minimum absolute atomic E-state index is 0.0936. The lowest BCUT2D eigenvalue weighted by Crippen LogP contribution is -2.21. The van der Waals surface area contributed by atoms with E-state index in [1.54, 1.807) is 6.07 Å². The largest absolute Gasteiger partial charge is 0.409 e. The zero-order valence-corrected chi connectivity index (χ0v) is 10.8. The van der Waals surface area contributed by atoms with Crippen LogP contribution in [0.5, 0.6) is 0 Å². The van der Waals surface area contributed by atoms with Crippen LogP contribution < -0.4 is 10.6 Å². The molecule has 2 aromatic carbocycles. The summed E-state index contributed by atoms with van der Waals surface area (Å²) in [5.74, 6) is -0.508. The minimum Gasteiger partial charge on any atom is -0.409 e. The molecule has 5 heteroatoms. The van der Waals surface area contributed by atoms with Crippen LogP contribution in [0.2, 0.25) is 0 Å². The van der Waals surface area contributed by atoms with Crippen molar-refractivity contribution in [3.8, 4) is 0 Å². The maximum atomic E-state index is 13.4. The van der Waals surface area contributed by atoms with E-state index < -0.39 is 5.82 Å². The minimum atomic E-state index is -0.414. The Kier molecular flexibility index (Phi) is 3.02. The number of nitrogens with zero attached hydrogens (tertiary/aromatic N) is 2. The monoisotopic (exact) mass is 271 g/mol. The second-order valence-electron chi connectivity index (χ2n) is 4.68. The van der Waals surface area contributed by atoms with Crippen LogP contribution in [0, 0.1) is 5.82 Å². The highest BCUT2D eigenvalue weighted by molar-refractivity contribution is 6.03. The molecule has 0 unspecified atom stereocenters. The van der Waals surface area contributed by atoms with Gasteiger partial charge in [0.05, 0.1) is 5.69 Å². The van der Waals surface area contributed by atoms with Gasteiger partial charge in [0.15, 0.2) is 5.84 Å². The van der Waals surface area contributed by atoms with E-state index in [1.165, 1.54) is 17.7 Å². The lowest BCUT2D eigenvalue weighted by atomic mass is 10.1. The summed E-state index contributed by atoms with van der Waals surface area (Å²) in [7, 11) is 0. The Morgan fingerprint density at radius 3 is 2.80 bits per heavy atom. The highest BCUT2D eigenvalue weighted by atomic mass is 19.1. The Hall–Kier alpha value is -2.56. The second kappa shape index (κ2) is 4.85. The molecule has 3 rings (SSSR count). The van der Waals surface area contributed by atoms with Gasteiger partial charge < -0.3 is 15.8 Å². The summed E-state index contributed by atoms with van der Waals surface area (Å²) in [5.41, 5.74) is 9.11. The number of halogens is 1. The molecule has 0 atom stereocenters. The van der Waals surface area contributed by atoms with Crippen molar-refractivity contribution in [1.29, 1.82) is 0 Å². The molecule has 0 saturated heterocycles. The van der Waals surface area contributed by atoms with Gasteiger partial charge in [-0.15, -0.1) is 0 Å². The molecule has 1 aliphatic heterocycles. The molecular formula is C15H14FN3O. The van der Waals surface area contributed by atoms with Crippen molar-refractivity contribution >= 4 is 17.2 Å². The van der Waals surface area contributed by atoms with Crippen LogP contribution in [0.3, 0.4) is 0 Å². The first-order chi connectivity index (χ1) is 9.70. The van der Waals surface area contributed by atoms with Gasteiger partial charge in [-0.2, -0.15) is 0 Å². The summed E-state index contributed by atoms with van der Waals surface area (Å²) < 4.78 is 13.4. The average Bonchev–Trinajstić information content (AvgIpc) is 2.90. The van der Waals surface area contributed by atoms with E-state index in [4.69, 9.17) is 10.9 Å². The smallest absolute Gasteiger partial charge is 0.172 e. The van der Waals surface area contributed by atoms with E-state index >= 15 is 0 Å². The average molecular weight is 271 g/mol. The highest BCUT2D eigenvalue weighted by Crippen LogP contribution is 2.36. The van der Waals surface area contributed by atoms with Gasteiger partial charge in [0.1, 0.15) is 5.82 Å². The maximum absolute atomic E-state index is 13.4. The standard InChI is InChI=1S/C15H14FN3O/c16-11-5-6-14(12(9-11)15(17)18-20)19-8-7-10-3-1-2-4-13(10)19/h1-6,9,20H,7-8H2,(H2,17,18). The number of anilines is 2. The lowest BCUT2D eigenvalue weighted by Gasteiger charge is -2.22. The van der Waals surface area contributed by atoms with Gasteiger partial charge in [-0.3, -0.25) is 0 Å². The molecule has 2 aromatic rings. The molecule has 20 heavy (non-hydrogen) atoms. The molecule has 0 fully saturated rings. The van der Waals surface area contributed by atoms with Crippen LogP contribution in [-0.4, -0.2) is 17.6 Å². The molecule has 0 spiro atoms. The van der Waals surface area contributed by atoms with Crippen molar-refractivity contribution in [1.82, 2.24) is 0 Å². The summed E-state index contributed by atoms with van der Waals surface area (Å²) in [6.07, 6.45) is 0.920. The second-order valence-corrected chi connectivity index (χ2v) is 4.68. The maximum Gasteiger partial charge on any atom is 0.172 e. The molecule has 102 valence electrons. The third kappa shape index (κ3) is 1.97.